The van der Waals surface area contributed by atoms with Gasteiger partial charge in [0.25, 0.3) is 0 Å². The first-order chi connectivity index (χ1) is 8.63. The minimum absolute atomic E-state index is 0.114. The molecule has 3 heterocycles. The first kappa shape index (κ1) is 11.1. The van der Waals surface area contributed by atoms with Crippen LogP contribution < -0.4 is 5.73 Å². The van der Waals surface area contributed by atoms with Crippen LogP contribution in [0, 0.1) is 13.8 Å². The zero-order valence-corrected chi connectivity index (χ0v) is 10.5. The summed E-state index contributed by atoms with van der Waals surface area (Å²) >= 11 is 0. The largest absolute Gasteiger partial charge is 0.466 e. The number of aromatic nitrogens is 3. The molecule has 5 nitrogen and oxygen atoms in total. The summed E-state index contributed by atoms with van der Waals surface area (Å²) in [5.41, 5.74) is 8.24. The lowest BCUT2D eigenvalue weighted by atomic mass is 10.1. The van der Waals surface area contributed by atoms with E-state index >= 15 is 0 Å². The molecule has 3 N–H and O–H groups in total. The molecule has 94 valence electrons. The lowest BCUT2D eigenvalue weighted by Crippen LogP contribution is -2.13. The van der Waals surface area contributed by atoms with Gasteiger partial charge in [0.1, 0.15) is 11.5 Å². The second-order valence-corrected chi connectivity index (χ2v) is 4.63. The third-order valence-corrected chi connectivity index (χ3v) is 3.12. The van der Waals surface area contributed by atoms with Crippen LogP contribution in [0.1, 0.15) is 29.0 Å². The Balaban J connectivity index is 1.85. The fraction of sp³-hybridized carbons (Fsp3) is 0.308. The lowest BCUT2D eigenvalue weighted by Gasteiger charge is -2.06. The van der Waals surface area contributed by atoms with Crippen molar-refractivity contribution in [1.82, 2.24) is 14.4 Å². The van der Waals surface area contributed by atoms with E-state index in [0.717, 1.165) is 28.7 Å². The van der Waals surface area contributed by atoms with E-state index in [0.29, 0.717) is 6.42 Å². The summed E-state index contributed by atoms with van der Waals surface area (Å²) in [7, 11) is 0. The molecule has 5 heteroatoms. The quantitative estimate of drug-likeness (QED) is 0.741. The molecule has 0 spiro atoms. The molecular weight excluding hydrogens is 228 g/mol. The Kier molecular flexibility index (Phi) is 2.48. The summed E-state index contributed by atoms with van der Waals surface area (Å²) in [5, 5.41) is 0. The number of fused-ring (bicyclic) bond motifs is 1. The third kappa shape index (κ3) is 1.82. The average Bonchev–Trinajstić information content (AvgIpc) is 2.98. The van der Waals surface area contributed by atoms with Gasteiger partial charge < -0.3 is 15.1 Å². The van der Waals surface area contributed by atoms with Gasteiger partial charge >= 0.3 is 0 Å². The van der Waals surface area contributed by atoms with Gasteiger partial charge in [0.05, 0.1) is 17.9 Å². The van der Waals surface area contributed by atoms with Crippen LogP contribution in [0.25, 0.3) is 5.78 Å². The molecule has 3 aromatic rings. The molecule has 0 saturated heterocycles. The minimum atomic E-state index is -0.114. The van der Waals surface area contributed by atoms with Crippen LogP contribution in [0.4, 0.5) is 0 Å². The average molecular weight is 244 g/mol. The number of furan rings is 1. The predicted octanol–water partition coefficient (Wildman–Crippen LogP) is 2.11. The van der Waals surface area contributed by atoms with Gasteiger partial charge in [-0.25, -0.2) is 4.98 Å². The molecular formula is C13H16N4O. The normalized spacial score (nSPS) is 13.3. The van der Waals surface area contributed by atoms with E-state index in [1.807, 2.05) is 42.8 Å². The fourth-order valence-corrected chi connectivity index (χ4v) is 2.11. The molecule has 0 amide bonds. The summed E-state index contributed by atoms with van der Waals surface area (Å²) < 4.78 is 7.54. The third-order valence-electron chi connectivity index (χ3n) is 3.12. The summed E-state index contributed by atoms with van der Waals surface area (Å²) in [6, 6.07) is 3.80. The molecule has 0 aliphatic rings. The number of hydrogen-bond acceptors (Lipinski definition) is 3. The van der Waals surface area contributed by atoms with Crippen molar-refractivity contribution in [2.75, 3.05) is 0 Å². The van der Waals surface area contributed by atoms with Gasteiger partial charge in [0.15, 0.2) is 0 Å². The van der Waals surface area contributed by atoms with Gasteiger partial charge in [0.2, 0.25) is 5.78 Å². The van der Waals surface area contributed by atoms with E-state index in [1.54, 1.807) is 0 Å². The predicted molar refractivity (Wildman–Crippen MR) is 68.4 cm³/mol. The number of H-pyrrole nitrogens is 1. The maximum Gasteiger partial charge on any atom is 0.211 e. The highest BCUT2D eigenvalue weighted by molar-refractivity contribution is 5.34. The van der Waals surface area contributed by atoms with Gasteiger partial charge in [-0.05, 0) is 26.0 Å². The second kappa shape index (κ2) is 4.03. The number of imidazole rings is 2. The van der Waals surface area contributed by atoms with E-state index in [-0.39, 0.29) is 6.04 Å². The topological polar surface area (TPSA) is 72.2 Å². The van der Waals surface area contributed by atoms with Crippen molar-refractivity contribution < 1.29 is 4.42 Å². The van der Waals surface area contributed by atoms with Crippen LogP contribution >= 0.6 is 0 Å². The molecule has 3 rings (SSSR count). The van der Waals surface area contributed by atoms with Crippen molar-refractivity contribution in [3.63, 3.8) is 0 Å². The Bertz CT molecular complexity index is 676. The van der Waals surface area contributed by atoms with Crippen LogP contribution in [0.5, 0.6) is 0 Å². The monoisotopic (exact) mass is 244 g/mol. The van der Waals surface area contributed by atoms with Gasteiger partial charge in [-0.15, -0.1) is 0 Å². The number of aryl methyl sites for hydroxylation is 2. The smallest absolute Gasteiger partial charge is 0.211 e. The molecule has 1 unspecified atom stereocenters. The first-order valence-electron chi connectivity index (χ1n) is 5.97. The number of nitrogens with zero attached hydrogens (tertiary/aromatic N) is 2. The standard InChI is InChI=1S/C13H16N4O/c1-8-6-15-13-16-12(7-17(8)13)11(14)5-10-4-3-9(2)18-10/h3-4,6-7,11H,5,14H2,1-2H3,(H,15,16). The highest BCUT2D eigenvalue weighted by Gasteiger charge is 2.13. The zero-order chi connectivity index (χ0) is 12.7. The fourth-order valence-electron chi connectivity index (χ4n) is 2.11. The molecule has 0 saturated carbocycles. The summed E-state index contributed by atoms with van der Waals surface area (Å²) in [4.78, 5) is 7.49. The van der Waals surface area contributed by atoms with Crippen LogP contribution in [0.3, 0.4) is 0 Å². The summed E-state index contributed by atoms with van der Waals surface area (Å²) in [5.74, 6) is 2.65. The van der Waals surface area contributed by atoms with E-state index in [4.69, 9.17) is 10.2 Å². The van der Waals surface area contributed by atoms with Crippen LogP contribution in [0.15, 0.2) is 28.9 Å². The van der Waals surface area contributed by atoms with Gasteiger partial charge in [0, 0.05) is 18.3 Å². The van der Waals surface area contributed by atoms with Gasteiger partial charge in [-0.2, -0.15) is 0 Å². The molecule has 0 radical (unpaired) electrons. The number of hydrogen-bond donors (Lipinski definition) is 2. The van der Waals surface area contributed by atoms with E-state index < -0.39 is 0 Å². The second-order valence-electron chi connectivity index (χ2n) is 4.63. The van der Waals surface area contributed by atoms with Crippen molar-refractivity contribution in [3.05, 3.63) is 47.4 Å². The van der Waals surface area contributed by atoms with Crippen molar-refractivity contribution in [2.45, 2.75) is 26.3 Å². The molecule has 1 atom stereocenters. The summed E-state index contributed by atoms with van der Waals surface area (Å²) in [6.07, 6.45) is 4.51. The Morgan fingerprint density at radius 2 is 2.28 bits per heavy atom. The van der Waals surface area contributed by atoms with E-state index in [9.17, 15) is 0 Å². The highest BCUT2D eigenvalue weighted by atomic mass is 16.3. The first-order valence-corrected chi connectivity index (χ1v) is 5.97. The molecule has 18 heavy (non-hydrogen) atoms. The number of nitrogens with two attached hydrogens (primary N) is 1. The van der Waals surface area contributed by atoms with Crippen molar-refractivity contribution in [1.29, 1.82) is 0 Å². The Morgan fingerprint density at radius 1 is 1.44 bits per heavy atom. The molecule has 0 fully saturated rings. The van der Waals surface area contributed by atoms with Crippen LogP contribution in [0.2, 0.25) is 0 Å². The number of rotatable bonds is 3. The van der Waals surface area contributed by atoms with Crippen molar-refractivity contribution in [2.24, 2.45) is 5.73 Å². The minimum Gasteiger partial charge on any atom is -0.466 e. The Labute approximate surface area is 105 Å². The highest BCUT2D eigenvalue weighted by Crippen LogP contribution is 2.18. The SMILES string of the molecule is Cc1ccc(CC(N)c2cn3c(C)cnc3[nH]2)o1. The maximum absolute atomic E-state index is 6.18. The lowest BCUT2D eigenvalue weighted by molar-refractivity contribution is 0.464. The molecule has 3 aromatic heterocycles. The van der Waals surface area contributed by atoms with Gasteiger partial charge in [-0.3, -0.25) is 4.40 Å². The van der Waals surface area contributed by atoms with Crippen molar-refractivity contribution in [3.8, 4) is 0 Å². The van der Waals surface area contributed by atoms with Crippen molar-refractivity contribution >= 4 is 5.78 Å². The van der Waals surface area contributed by atoms with Crippen LogP contribution in [-0.4, -0.2) is 14.4 Å². The van der Waals surface area contributed by atoms with Crippen LogP contribution in [-0.2, 0) is 6.42 Å². The van der Waals surface area contributed by atoms with E-state index in [1.165, 1.54) is 0 Å². The maximum atomic E-state index is 6.18. The molecule has 0 bridgehead atoms. The Hall–Kier alpha value is -2.01. The number of aromatic amines is 1. The molecule has 0 aromatic carbocycles. The molecule has 0 aliphatic heterocycles. The zero-order valence-electron chi connectivity index (χ0n) is 10.5. The Morgan fingerprint density at radius 3 is 2.94 bits per heavy atom. The van der Waals surface area contributed by atoms with Gasteiger partial charge in [-0.1, -0.05) is 0 Å². The van der Waals surface area contributed by atoms with E-state index in [2.05, 4.69) is 9.97 Å². The number of nitrogens with one attached hydrogen (secondary N) is 1. The summed E-state index contributed by atoms with van der Waals surface area (Å²) in [6.45, 7) is 3.94. The molecule has 0 aliphatic carbocycles.